The van der Waals surface area contributed by atoms with Crippen molar-refractivity contribution in [2.75, 3.05) is 14.1 Å². The van der Waals surface area contributed by atoms with Crippen molar-refractivity contribution in [3.63, 3.8) is 0 Å². The molecule has 7 nitrogen and oxygen atoms in total. The summed E-state index contributed by atoms with van der Waals surface area (Å²) >= 11 is 0. The van der Waals surface area contributed by atoms with Crippen molar-refractivity contribution in [2.24, 2.45) is 5.73 Å². The Balaban J connectivity index is 1.67. The second kappa shape index (κ2) is 9.89. The van der Waals surface area contributed by atoms with Crippen LogP contribution >= 0.6 is 0 Å². The number of furan rings is 1. The van der Waals surface area contributed by atoms with Gasteiger partial charge >= 0.3 is 0 Å². The third-order valence-corrected chi connectivity index (χ3v) is 6.11. The molecular formula is C29H28FN3O4. The lowest BCUT2D eigenvalue weighted by Crippen LogP contribution is -2.54. The van der Waals surface area contributed by atoms with Crippen molar-refractivity contribution < 1.29 is 23.2 Å². The molecule has 0 aliphatic rings. The van der Waals surface area contributed by atoms with Crippen LogP contribution in [0.25, 0.3) is 22.1 Å². The fourth-order valence-corrected chi connectivity index (χ4v) is 4.32. The minimum absolute atomic E-state index is 0.224. The first-order valence-electron chi connectivity index (χ1n) is 11.7. The number of benzene rings is 3. The van der Waals surface area contributed by atoms with E-state index in [1.165, 1.54) is 17.0 Å². The quantitative estimate of drug-likeness (QED) is 0.388. The number of fused-ring (bicyclic) bond motifs is 1. The van der Waals surface area contributed by atoms with Crippen LogP contribution in [0.4, 0.5) is 4.39 Å². The van der Waals surface area contributed by atoms with Crippen LogP contribution in [0.15, 0.2) is 71.1 Å². The van der Waals surface area contributed by atoms with Crippen molar-refractivity contribution in [1.82, 2.24) is 10.2 Å². The summed E-state index contributed by atoms with van der Waals surface area (Å²) < 4.78 is 19.2. The number of hydrogen-bond donors (Lipinski definition) is 2. The van der Waals surface area contributed by atoms with Gasteiger partial charge in [0.2, 0.25) is 5.91 Å². The summed E-state index contributed by atoms with van der Waals surface area (Å²) in [4.78, 5) is 39.2. The lowest BCUT2D eigenvalue weighted by Gasteiger charge is -2.28. The van der Waals surface area contributed by atoms with Crippen LogP contribution < -0.4 is 11.1 Å². The van der Waals surface area contributed by atoms with Crippen LogP contribution in [-0.4, -0.2) is 42.3 Å². The Labute approximate surface area is 214 Å². The summed E-state index contributed by atoms with van der Waals surface area (Å²) in [5.74, 6) is -1.19. The van der Waals surface area contributed by atoms with Gasteiger partial charge in [0.25, 0.3) is 11.8 Å². The Morgan fingerprint density at radius 1 is 0.973 bits per heavy atom. The van der Waals surface area contributed by atoms with E-state index >= 15 is 0 Å². The highest BCUT2D eigenvalue weighted by Gasteiger charge is 2.31. The molecular weight excluding hydrogens is 473 g/mol. The number of primary amides is 1. The Bertz CT molecular complexity index is 1500. The van der Waals surface area contributed by atoms with Gasteiger partial charge in [-0.1, -0.05) is 30.3 Å². The second-order valence-electron chi connectivity index (χ2n) is 9.64. The van der Waals surface area contributed by atoms with Crippen molar-refractivity contribution in [3.8, 4) is 11.1 Å². The Morgan fingerprint density at radius 3 is 2.30 bits per heavy atom. The summed E-state index contributed by atoms with van der Waals surface area (Å²) in [7, 11) is 3.27. The van der Waals surface area contributed by atoms with Crippen molar-refractivity contribution in [2.45, 2.75) is 25.8 Å². The maximum atomic E-state index is 13.3. The molecule has 1 heterocycles. The van der Waals surface area contributed by atoms with Gasteiger partial charge in [0.15, 0.2) is 0 Å². The summed E-state index contributed by atoms with van der Waals surface area (Å²) in [6.45, 7) is 3.30. The van der Waals surface area contributed by atoms with Gasteiger partial charge in [0.1, 0.15) is 22.7 Å². The highest BCUT2D eigenvalue weighted by atomic mass is 19.1. The molecule has 0 aliphatic carbocycles. The van der Waals surface area contributed by atoms with E-state index in [1.807, 2.05) is 12.1 Å². The van der Waals surface area contributed by atoms with Crippen LogP contribution in [-0.2, 0) is 11.2 Å². The zero-order chi connectivity index (χ0) is 26.9. The van der Waals surface area contributed by atoms with Gasteiger partial charge in [0, 0.05) is 31.5 Å². The Kier molecular flexibility index (Phi) is 6.85. The monoisotopic (exact) mass is 501 g/mol. The van der Waals surface area contributed by atoms with Gasteiger partial charge < -0.3 is 20.4 Å². The minimum Gasteiger partial charge on any atom is -0.460 e. The molecule has 3 amide bonds. The standard InChI is InChI=1S/C29H28FN3O4/c1-29(2,28(36)33(3)4)32-27(35)20-7-5-6-18(15-20)19-10-13-23-22(16-19)25(26(31)34)24(37-23)14-17-8-11-21(30)12-9-17/h5-13,15-16H,14H2,1-4H3,(H2,31,34)(H,32,35). The fraction of sp³-hybridized carbons (Fsp3) is 0.207. The highest BCUT2D eigenvalue weighted by Crippen LogP contribution is 2.32. The molecule has 3 aromatic carbocycles. The van der Waals surface area contributed by atoms with E-state index < -0.39 is 11.4 Å². The molecule has 0 bridgehead atoms. The van der Waals surface area contributed by atoms with Gasteiger partial charge in [0.05, 0.1) is 5.56 Å². The van der Waals surface area contributed by atoms with Crippen LogP contribution in [0, 0.1) is 5.82 Å². The molecule has 4 rings (SSSR count). The maximum Gasteiger partial charge on any atom is 0.252 e. The van der Waals surface area contributed by atoms with E-state index in [2.05, 4.69) is 5.32 Å². The van der Waals surface area contributed by atoms with Crippen LogP contribution in [0.2, 0.25) is 0 Å². The first kappa shape index (κ1) is 25.6. The van der Waals surface area contributed by atoms with Gasteiger partial charge in [-0.2, -0.15) is 0 Å². The SMILES string of the molecule is CN(C)C(=O)C(C)(C)NC(=O)c1cccc(-c2ccc3oc(Cc4ccc(F)cc4)c(C(N)=O)c3c2)c1. The number of likely N-dealkylation sites (N-methyl/N-ethyl adjacent to an activating group) is 1. The molecule has 0 unspecified atom stereocenters. The topological polar surface area (TPSA) is 106 Å². The number of nitrogens with zero attached hydrogens (tertiary/aromatic N) is 1. The summed E-state index contributed by atoms with van der Waals surface area (Å²) in [6.07, 6.45) is 0.277. The van der Waals surface area contributed by atoms with Crippen LogP contribution in [0.5, 0.6) is 0 Å². The van der Waals surface area contributed by atoms with Crippen molar-refractivity contribution in [3.05, 3.63) is 95.0 Å². The van der Waals surface area contributed by atoms with E-state index in [0.29, 0.717) is 22.3 Å². The third kappa shape index (κ3) is 5.38. The molecule has 0 saturated carbocycles. The highest BCUT2D eigenvalue weighted by molar-refractivity contribution is 6.07. The molecule has 0 spiro atoms. The van der Waals surface area contributed by atoms with E-state index in [0.717, 1.165) is 16.7 Å². The largest absolute Gasteiger partial charge is 0.460 e. The molecule has 0 saturated heterocycles. The van der Waals surface area contributed by atoms with Gasteiger partial charge in [-0.05, 0) is 66.9 Å². The predicted molar refractivity (Wildman–Crippen MR) is 140 cm³/mol. The molecule has 0 atom stereocenters. The van der Waals surface area contributed by atoms with E-state index in [9.17, 15) is 18.8 Å². The second-order valence-corrected chi connectivity index (χ2v) is 9.64. The molecule has 37 heavy (non-hydrogen) atoms. The molecule has 4 aromatic rings. The average molecular weight is 502 g/mol. The van der Waals surface area contributed by atoms with E-state index in [1.54, 1.807) is 70.4 Å². The summed E-state index contributed by atoms with van der Waals surface area (Å²) in [6, 6.07) is 18.3. The first-order chi connectivity index (χ1) is 17.5. The van der Waals surface area contributed by atoms with Gasteiger partial charge in [-0.3, -0.25) is 14.4 Å². The number of halogens is 1. The van der Waals surface area contributed by atoms with Crippen molar-refractivity contribution >= 4 is 28.7 Å². The minimum atomic E-state index is -1.08. The zero-order valence-corrected chi connectivity index (χ0v) is 21.1. The van der Waals surface area contributed by atoms with Crippen molar-refractivity contribution in [1.29, 1.82) is 0 Å². The third-order valence-electron chi connectivity index (χ3n) is 6.11. The molecule has 1 aromatic heterocycles. The van der Waals surface area contributed by atoms with Crippen LogP contribution in [0.3, 0.4) is 0 Å². The normalized spacial score (nSPS) is 11.4. The molecule has 0 radical (unpaired) electrons. The lowest BCUT2D eigenvalue weighted by atomic mass is 9.98. The molecule has 3 N–H and O–H groups in total. The molecule has 190 valence electrons. The number of nitrogens with two attached hydrogens (primary N) is 1. The number of rotatable bonds is 7. The van der Waals surface area contributed by atoms with Gasteiger partial charge in [-0.25, -0.2) is 4.39 Å². The number of carbonyl (C=O) groups is 3. The average Bonchev–Trinajstić information content (AvgIpc) is 3.22. The summed E-state index contributed by atoms with van der Waals surface area (Å²) in [5, 5.41) is 3.34. The summed E-state index contributed by atoms with van der Waals surface area (Å²) in [5.41, 5.74) is 8.05. The molecule has 8 heteroatoms. The number of nitrogens with one attached hydrogen (secondary N) is 1. The zero-order valence-electron chi connectivity index (χ0n) is 21.1. The Hall–Kier alpha value is -4.46. The first-order valence-corrected chi connectivity index (χ1v) is 11.7. The molecule has 0 fully saturated rings. The predicted octanol–water partition coefficient (Wildman–Crippen LogP) is 4.53. The smallest absolute Gasteiger partial charge is 0.252 e. The van der Waals surface area contributed by atoms with Crippen LogP contribution in [0.1, 0.15) is 45.9 Å². The number of carbonyl (C=O) groups excluding carboxylic acids is 3. The Morgan fingerprint density at radius 2 is 1.65 bits per heavy atom. The number of amides is 3. The number of hydrogen-bond acceptors (Lipinski definition) is 4. The fourth-order valence-electron chi connectivity index (χ4n) is 4.32. The molecule has 0 aliphatic heterocycles. The van der Waals surface area contributed by atoms with E-state index in [4.69, 9.17) is 10.2 Å². The maximum absolute atomic E-state index is 13.3. The van der Waals surface area contributed by atoms with E-state index in [-0.39, 0.29) is 29.6 Å². The lowest BCUT2D eigenvalue weighted by molar-refractivity contribution is -0.134. The van der Waals surface area contributed by atoms with Gasteiger partial charge in [-0.15, -0.1) is 0 Å².